The molecular formula is C25H33N3O5S. The molecule has 0 spiro atoms. The number of hydrogen-bond donors (Lipinski definition) is 2. The summed E-state index contributed by atoms with van der Waals surface area (Å²) < 4.78 is 34.4. The molecule has 2 aromatic carbocycles. The van der Waals surface area contributed by atoms with Gasteiger partial charge in [-0.3, -0.25) is 4.72 Å². The van der Waals surface area contributed by atoms with E-state index in [0.717, 1.165) is 45.6 Å². The van der Waals surface area contributed by atoms with E-state index in [1.54, 1.807) is 18.2 Å². The van der Waals surface area contributed by atoms with Gasteiger partial charge >= 0.3 is 5.97 Å². The number of piperidine rings is 1. The Labute approximate surface area is 201 Å². The van der Waals surface area contributed by atoms with Gasteiger partial charge in [-0.2, -0.15) is 0 Å². The van der Waals surface area contributed by atoms with Crippen LogP contribution < -0.4 is 14.4 Å². The molecule has 0 aromatic heterocycles. The molecule has 2 fully saturated rings. The summed E-state index contributed by atoms with van der Waals surface area (Å²) in [5, 5.41) is 9.50. The molecule has 2 aliphatic rings. The number of carboxylic acid groups (broad SMARTS) is 1. The maximum Gasteiger partial charge on any atom is 0.335 e. The van der Waals surface area contributed by atoms with Gasteiger partial charge < -0.3 is 19.6 Å². The van der Waals surface area contributed by atoms with E-state index < -0.39 is 16.0 Å². The zero-order chi connectivity index (χ0) is 24.1. The summed E-state index contributed by atoms with van der Waals surface area (Å²) in [7, 11) is -3.91. The number of anilines is 2. The molecule has 0 radical (unpaired) electrons. The second-order valence-corrected chi connectivity index (χ2v) is 10.7. The van der Waals surface area contributed by atoms with Crippen molar-refractivity contribution in [3.8, 4) is 5.75 Å². The molecule has 2 saturated heterocycles. The minimum Gasteiger partial charge on any atom is -0.494 e. The zero-order valence-corrected chi connectivity index (χ0v) is 20.4. The summed E-state index contributed by atoms with van der Waals surface area (Å²) in [5.74, 6) is -0.00689. The van der Waals surface area contributed by atoms with Gasteiger partial charge in [0.15, 0.2) is 0 Å². The molecule has 8 nitrogen and oxygen atoms in total. The average molecular weight is 488 g/mol. The Balaban J connectivity index is 1.58. The first kappa shape index (κ1) is 24.3. The van der Waals surface area contributed by atoms with Crippen LogP contribution in [0.5, 0.6) is 5.75 Å². The third-order valence-corrected chi connectivity index (χ3v) is 7.89. The minimum atomic E-state index is -3.91. The third-order valence-electron chi connectivity index (χ3n) is 6.51. The lowest BCUT2D eigenvalue weighted by Crippen LogP contribution is -2.40. The van der Waals surface area contributed by atoms with Crippen molar-refractivity contribution in [3.63, 3.8) is 0 Å². The number of rotatable bonds is 9. The number of hydrogen-bond acceptors (Lipinski definition) is 6. The minimum absolute atomic E-state index is 0.0405. The molecular weight excluding hydrogens is 454 g/mol. The van der Waals surface area contributed by atoms with E-state index in [-0.39, 0.29) is 16.1 Å². The highest BCUT2D eigenvalue weighted by Crippen LogP contribution is 2.33. The molecule has 4 rings (SSSR count). The standard InChI is InChI=1S/C25H33N3O5S/c1-2-33-21-8-10-22(11-9-21)34(31,32)26-23-16-20(25(29)30)7-12-24(23)28-15-5-6-19(18-28)17-27-13-3-4-14-27/h7-12,16,19,26H,2-6,13-15,17-18H2,1H3,(H,29,30). The highest BCUT2D eigenvalue weighted by atomic mass is 32.2. The quantitative estimate of drug-likeness (QED) is 0.553. The molecule has 2 aliphatic heterocycles. The number of carbonyl (C=O) groups is 1. The number of benzene rings is 2. The Morgan fingerprint density at radius 2 is 1.82 bits per heavy atom. The average Bonchev–Trinajstić information content (AvgIpc) is 3.32. The van der Waals surface area contributed by atoms with Crippen LogP contribution in [0.25, 0.3) is 0 Å². The van der Waals surface area contributed by atoms with Gasteiger partial charge in [0.2, 0.25) is 0 Å². The fourth-order valence-electron chi connectivity index (χ4n) is 4.88. The predicted molar refractivity (Wildman–Crippen MR) is 132 cm³/mol. The Morgan fingerprint density at radius 1 is 1.09 bits per heavy atom. The Hall–Kier alpha value is -2.78. The number of aromatic carboxylic acids is 1. The second kappa shape index (κ2) is 10.7. The lowest BCUT2D eigenvalue weighted by Gasteiger charge is -2.37. The van der Waals surface area contributed by atoms with Crippen LogP contribution in [0.1, 0.15) is 43.0 Å². The number of nitrogens with one attached hydrogen (secondary N) is 1. The lowest BCUT2D eigenvalue weighted by molar-refractivity contribution is 0.0697. The highest BCUT2D eigenvalue weighted by molar-refractivity contribution is 7.92. The van der Waals surface area contributed by atoms with Crippen LogP contribution in [-0.4, -0.2) is 63.7 Å². The molecule has 0 aliphatic carbocycles. The van der Waals surface area contributed by atoms with Crippen LogP contribution in [0.4, 0.5) is 11.4 Å². The summed E-state index contributed by atoms with van der Waals surface area (Å²) >= 11 is 0. The van der Waals surface area contributed by atoms with Crippen LogP contribution in [-0.2, 0) is 10.0 Å². The largest absolute Gasteiger partial charge is 0.494 e. The van der Waals surface area contributed by atoms with Crippen LogP contribution in [0.2, 0.25) is 0 Å². The lowest BCUT2D eigenvalue weighted by atomic mass is 9.96. The van der Waals surface area contributed by atoms with Crippen molar-refractivity contribution in [2.75, 3.05) is 49.0 Å². The molecule has 2 heterocycles. The van der Waals surface area contributed by atoms with Gasteiger partial charge in [-0.05, 0) is 94.1 Å². The Kier molecular flexibility index (Phi) is 7.63. The highest BCUT2D eigenvalue weighted by Gasteiger charge is 2.26. The first-order chi connectivity index (χ1) is 16.4. The zero-order valence-electron chi connectivity index (χ0n) is 19.6. The van der Waals surface area contributed by atoms with Gasteiger partial charge in [0, 0.05) is 19.6 Å². The number of ether oxygens (including phenoxy) is 1. The fourth-order valence-corrected chi connectivity index (χ4v) is 5.94. The Bertz CT molecular complexity index is 1100. The van der Waals surface area contributed by atoms with E-state index in [9.17, 15) is 18.3 Å². The van der Waals surface area contributed by atoms with E-state index in [1.807, 2.05) is 6.92 Å². The van der Waals surface area contributed by atoms with Gasteiger partial charge in [0.25, 0.3) is 10.0 Å². The summed E-state index contributed by atoms with van der Waals surface area (Å²) in [6.45, 7) is 7.33. The molecule has 1 unspecified atom stereocenters. The number of likely N-dealkylation sites (tertiary alicyclic amines) is 1. The van der Waals surface area contributed by atoms with E-state index >= 15 is 0 Å². The molecule has 184 valence electrons. The van der Waals surface area contributed by atoms with Crippen molar-refractivity contribution >= 4 is 27.4 Å². The first-order valence-electron chi connectivity index (χ1n) is 12.0. The maximum absolute atomic E-state index is 13.2. The van der Waals surface area contributed by atoms with E-state index in [4.69, 9.17) is 4.74 Å². The van der Waals surface area contributed by atoms with Gasteiger partial charge in [0.1, 0.15) is 5.75 Å². The summed E-state index contributed by atoms with van der Waals surface area (Å²) in [6.07, 6.45) is 4.67. The van der Waals surface area contributed by atoms with Crippen molar-refractivity contribution in [1.29, 1.82) is 0 Å². The summed E-state index contributed by atoms with van der Waals surface area (Å²) in [6, 6.07) is 10.9. The van der Waals surface area contributed by atoms with E-state index in [1.165, 1.54) is 37.1 Å². The number of nitrogens with zero attached hydrogens (tertiary/aromatic N) is 2. The van der Waals surface area contributed by atoms with Crippen molar-refractivity contribution in [1.82, 2.24) is 4.90 Å². The Morgan fingerprint density at radius 3 is 2.50 bits per heavy atom. The molecule has 9 heteroatoms. The van der Waals surface area contributed by atoms with Gasteiger partial charge in [-0.15, -0.1) is 0 Å². The molecule has 2 aromatic rings. The fraction of sp³-hybridized carbons (Fsp3) is 0.480. The van der Waals surface area contributed by atoms with E-state index in [2.05, 4.69) is 14.5 Å². The SMILES string of the molecule is CCOc1ccc(S(=O)(=O)Nc2cc(C(=O)O)ccc2N2CCCC(CN3CCCC3)C2)cc1. The number of sulfonamides is 1. The van der Waals surface area contributed by atoms with Crippen molar-refractivity contribution in [2.45, 2.75) is 37.5 Å². The van der Waals surface area contributed by atoms with Gasteiger partial charge in [-0.25, -0.2) is 13.2 Å². The summed E-state index contributed by atoms with van der Waals surface area (Å²) in [5.41, 5.74) is 1.04. The molecule has 1 atom stereocenters. The molecule has 0 amide bonds. The summed E-state index contributed by atoms with van der Waals surface area (Å²) in [4.78, 5) is 16.4. The third kappa shape index (κ3) is 5.82. The van der Waals surface area contributed by atoms with Crippen LogP contribution in [0.15, 0.2) is 47.4 Å². The van der Waals surface area contributed by atoms with Crippen molar-refractivity contribution in [3.05, 3.63) is 48.0 Å². The molecule has 34 heavy (non-hydrogen) atoms. The van der Waals surface area contributed by atoms with Crippen LogP contribution in [0.3, 0.4) is 0 Å². The van der Waals surface area contributed by atoms with Crippen molar-refractivity contribution < 1.29 is 23.1 Å². The number of carboxylic acids is 1. The first-order valence-corrected chi connectivity index (χ1v) is 13.4. The molecule has 0 bridgehead atoms. The van der Waals surface area contributed by atoms with Crippen LogP contribution in [0, 0.1) is 5.92 Å². The topological polar surface area (TPSA) is 99.2 Å². The second-order valence-electron chi connectivity index (χ2n) is 9.01. The maximum atomic E-state index is 13.2. The van der Waals surface area contributed by atoms with E-state index in [0.29, 0.717) is 24.0 Å². The monoisotopic (exact) mass is 487 g/mol. The normalized spacial score (nSPS) is 19.2. The smallest absolute Gasteiger partial charge is 0.335 e. The predicted octanol–water partition coefficient (Wildman–Crippen LogP) is 3.90. The van der Waals surface area contributed by atoms with Gasteiger partial charge in [-0.1, -0.05) is 0 Å². The van der Waals surface area contributed by atoms with Crippen LogP contribution >= 0.6 is 0 Å². The molecule has 2 N–H and O–H groups in total. The molecule has 0 saturated carbocycles. The van der Waals surface area contributed by atoms with Gasteiger partial charge in [0.05, 0.1) is 28.4 Å². The van der Waals surface area contributed by atoms with Crippen molar-refractivity contribution in [2.24, 2.45) is 5.92 Å².